The number of carbonyl (C=O) groups excluding carboxylic acids is 2. The molecule has 1 saturated carbocycles. The minimum absolute atomic E-state index is 0.00696. The molecule has 0 bridgehead atoms. The number of carbonyl (C=O) groups is 2. The molecule has 3 aliphatic rings. The molecule has 170 valence electrons. The van der Waals surface area contributed by atoms with Crippen molar-refractivity contribution in [3.8, 4) is 11.8 Å². The monoisotopic (exact) mass is 443 g/mol. The van der Waals surface area contributed by atoms with E-state index in [2.05, 4.69) is 29.0 Å². The second kappa shape index (κ2) is 9.36. The molecule has 1 aliphatic carbocycles. The van der Waals surface area contributed by atoms with Gasteiger partial charge in [0.05, 0.1) is 18.7 Å². The van der Waals surface area contributed by atoms with Crippen molar-refractivity contribution in [1.82, 2.24) is 14.8 Å². The lowest BCUT2D eigenvalue weighted by molar-refractivity contribution is -0.159. The number of aliphatic hydroxyl groups is 1. The van der Waals surface area contributed by atoms with Crippen LogP contribution in [-0.4, -0.2) is 63.5 Å². The molecular formula is C27H29N3O3. The first-order valence-corrected chi connectivity index (χ1v) is 11.9. The fourth-order valence-electron chi connectivity index (χ4n) is 5.63. The summed E-state index contributed by atoms with van der Waals surface area (Å²) in [6.07, 6.45) is 9.40. The van der Waals surface area contributed by atoms with E-state index < -0.39 is 0 Å². The van der Waals surface area contributed by atoms with Crippen molar-refractivity contribution in [2.75, 3.05) is 19.7 Å². The molecule has 6 heteroatoms. The van der Waals surface area contributed by atoms with Crippen LogP contribution in [0.1, 0.15) is 59.5 Å². The molecule has 3 heterocycles. The van der Waals surface area contributed by atoms with E-state index >= 15 is 0 Å². The molecule has 2 aromatic rings. The molecule has 2 aliphatic heterocycles. The van der Waals surface area contributed by atoms with Gasteiger partial charge in [-0.25, -0.2) is 0 Å². The van der Waals surface area contributed by atoms with Crippen LogP contribution in [0.2, 0.25) is 0 Å². The normalized spacial score (nSPS) is 24.6. The van der Waals surface area contributed by atoms with Crippen LogP contribution >= 0.6 is 0 Å². The second-order valence-electron chi connectivity index (χ2n) is 9.34. The van der Waals surface area contributed by atoms with E-state index in [1.165, 1.54) is 25.7 Å². The van der Waals surface area contributed by atoms with Crippen molar-refractivity contribution in [1.29, 1.82) is 0 Å². The lowest BCUT2D eigenvalue weighted by atomic mass is 9.73. The largest absolute Gasteiger partial charge is 0.394 e. The highest BCUT2D eigenvalue weighted by Gasteiger charge is 2.54. The predicted octanol–water partition coefficient (Wildman–Crippen LogP) is 2.82. The van der Waals surface area contributed by atoms with E-state index in [1.54, 1.807) is 34.3 Å². The molecule has 3 fully saturated rings. The van der Waals surface area contributed by atoms with Crippen LogP contribution in [0.15, 0.2) is 48.8 Å². The maximum Gasteiger partial charge on any atom is 0.254 e. The molecule has 0 radical (unpaired) electrons. The Kier molecular flexibility index (Phi) is 6.15. The SMILES string of the molecule is O=C(c1ccncc1)N1CC(=O)N2[C@H](CO)[C@H](c3ccc(C#CCC4CCCC4)cc3)[C@@H]2C1. The Morgan fingerprint density at radius 2 is 1.82 bits per heavy atom. The van der Waals surface area contributed by atoms with Crippen molar-refractivity contribution in [3.63, 3.8) is 0 Å². The Hall–Kier alpha value is -3.17. The van der Waals surface area contributed by atoms with E-state index in [0.29, 0.717) is 12.1 Å². The average molecular weight is 444 g/mol. The molecule has 3 atom stereocenters. The summed E-state index contributed by atoms with van der Waals surface area (Å²) in [7, 11) is 0. The van der Waals surface area contributed by atoms with Gasteiger partial charge in [0.15, 0.2) is 0 Å². The molecule has 33 heavy (non-hydrogen) atoms. The van der Waals surface area contributed by atoms with Crippen LogP contribution in [0.5, 0.6) is 0 Å². The number of pyridine rings is 1. The summed E-state index contributed by atoms with van der Waals surface area (Å²) in [5.41, 5.74) is 2.59. The highest BCUT2D eigenvalue weighted by atomic mass is 16.3. The first kappa shape index (κ1) is 21.7. The van der Waals surface area contributed by atoms with Gasteiger partial charge >= 0.3 is 0 Å². The zero-order valence-corrected chi connectivity index (χ0v) is 18.7. The Morgan fingerprint density at radius 1 is 1.09 bits per heavy atom. The molecule has 6 nitrogen and oxygen atoms in total. The third-order valence-corrected chi connectivity index (χ3v) is 7.36. The smallest absolute Gasteiger partial charge is 0.254 e. The molecule has 1 aromatic heterocycles. The van der Waals surface area contributed by atoms with Gasteiger partial charge in [-0.2, -0.15) is 0 Å². The summed E-state index contributed by atoms with van der Waals surface area (Å²) in [6.45, 7) is 0.404. The minimum atomic E-state index is -0.250. The maximum absolute atomic E-state index is 12.9. The Bertz CT molecular complexity index is 1070. The van der Waals surface area contributed by atoms with Gasteiger partial charge in [-0.3, -0.25) is 14.6 Å². The zero-order valence-electron chi connectivity index (χ0n) is 18.7. The van der Waals surface area contributed by atoms with Gasteiger partial charge in [0, 0.05) is 42.4 Å². The number of hydrogen-bond acceptors (Lipinski definition) is 4. The maximum atomic E-state index is 12.9. The fraction of sp³-hybridized carbons (Fsp3) is 0.444. The van der Waals surface area contributed by atoms with Crippen LogP contribution in [0.25, 0.3) is 0 Å². The summed E-state index contributed by atoms with van der Waals surface area (Å²) >= 11 is 0. The lowest BCUT2D eigenvalue weighted by Gasteiger charge is -2.58. The number of nitrogens with zero attached hydrogens (tertiary/aromatic N) is 3. The van der Waals surface area contributed by atoms with Crippen LogP contribution in [0.4, 0.5) is 0 Å². The number of amides is 2. The standard InChI is InChI=1S/C27H29N3O3/c31-18-24-26(21-10-8-20(9-11-21)7-3-6-19-4-1-2-5-19)23-16-29(17-25(32)30(23)24)27(33)22-12-14-28-15-13-22/h8-15,19,23-24,26,31H,1-2,4-6,16-18H2/t23-,24+,26+/m0/s1. The summed E-state index contributed by atoms with van der Waals surface area (Å²) in [5.74, 6) is 7.09. The van der Waals surface area contributed by atoms with Crippen molar-refractivity contribution >= 4 is 11.8 Å². The first-order chi connectivity index (χ1) is 16.2. The second-order valence-corrected chi connectivity index (χ2v) is 9.34. The van der Waals surface area contributed by atoms with Crippen LogP contribution in [0, 0.1) is 17.8 Å². The van der Waals surface area contributed by atoms with Gasteiger partial charge in [0.2, 0.25) is 5.91 Å². The van der Waals surface area contributed by atoms with Gasteiger partial charge in [-0.15, -0.1) is 0 Å². The number of benzene rings is 1. The molecule has 5 rings (SSSR count). The molecular weight excluding hydrogens is 414 g/mol. The van der Waals surface area contributed by atoms with Gasteiger partial charge in [0.25, 0.3) is 5.91 Å². The number of hydrogen-bond donors (Lipinski definition) is 1. The van der Waals surface area contributed by atoms with Crippen LogP contribution in [-0.2, 0) is 4.79 Å². The summed E-state index contributed by atoms with van der Waals surface area (Å²) in [4.78, 5) is 33.1. The zero-order chi connectivity index (χ0) is 22.8. The topological polar surface area (TPSA) is 73.7 Å². The third kappa shape index (κ3) is 4.26. The molecule has 0 unspecified atom stereocenters. The van der Waals surface area contributed by atoms with Crippen LogP contribution in [0.3, 0.4) is 0 Å². The van der Waals surface area contributed by atoms with Gasteiger partial charge in [-0.05, 0) is 48.6 Å². The predicted molar refractivity (Wildman–Crippen MR) is 124 cm³/mol. The number of fused-ring (bicyclic) bond motifs is 1. The van der Waals surface area contributed by atoms with E-state index in [9.17, 15) is 14.7 Å². The molecule has 1 aromatic carbocycles. The number of aromatic nitrogens is 1. The molecule has 2 amide bonds. The third-order valence-electron chi connectivity index (χ3n) is 7.36. The van der Waals surface area contributed by atoms with Gasteiger partial charge in [0.1, 0.15) is 6.54 Å². The van der Waals surface area contributed by atoms with Crippen LogP contribution < -0.4 is 0 Å². The van der Waals surface area contributed by atoms with Gasteiger partial charge < -0.3 is 14.9 Å². The number of piperazine rings is 1. The van der Waals surface area contributed by atoms with Crippen molar-refractivity contribution in [2.45, 2.75) is 50.1 Å². The molecule has 0 spiro atoms. The highest BCUT2D eigenvalue weighted by molar-refractivity contribution is 5.97. The van der Waals surface area contributed by atoms with Crippen molar-refractivity contribution < 1.29 is 14.7 Å². The Labute approximate surface area is 194 Å². The summed E-state index contributed by atoms with van der Waals surface area (Å²) in [6, 6.07) is 11.1. The van der Waals surface area contributed by atoms with E-state index in [-0.39, 0.29) is 43.0 Å². The molecule has 2 saturated heterocycles. The highest BCUT2D eigenvalue weighted by Crippen LogP contribution is 2.43. The van der Waals surface area contributed by atoms with E-state index in [1.807, 2.05) is 12.1 Å². The number of rotatable bonds is 4. The van der Waals surface area contributed by atoms with Crippen molar-refractivity contribution in [3.05, 3.63) is 65.5 Å². The number of aliphatic hydroxyl groups excluding tert-OH is 1. The summed E-state index contributed by atoms with van der Waals surface area (Å²) < 4.78 is 0. The Balaban J connectivity index is 1.30. The average Bonchev–Trinajstić information content (AvgIpc) is 3.35. The fourth-order valence-corrected chi connectivity index (χ4v) is 5.63. The first-order valence-electron chi connectivity index (χ1n) is 11.9. The van der Waals surface area contributed by atoms with Gasteiger partial charge in [-0.1, -0.05) is 36.8 Å². The summed E-state index contributed by atoms with van der Waals surface area (Å²) in [5, 5.41) is 10.00. The van der Waals surface area contributed by atoms with Crippen molar-refractivity contribution in [2.24, 2.45) is 5.92 Å². The van der Waals surface area contributed by atoms with E-state index in [0.717, 1.165) is 23.5 Å². The Morgan fingerprint density at radius 3 is 2.52 bits per heavy atom. The minimum Gasteiger partial charge on any atom is -0.394 e. The van der Waals surface area contributed by atoms with E-state index in [4.69, 9.17) is 0 Å². The lowest BCUT2D eigenvalue weighted by Crippen LogP contribution is -2.73. The molecule has 1 N–H and O–H groups in total. The quantitative estimate of drug-likeness (QED) is 0.738.